The zero-order valence-corrected chi connectivity index (χ0v) is 38.9. The minimum Gasteiger partial charge on any atom is -0.489 e. The lowest BCUT2D eigenvalue weighted by Gasteiger charge is -2.37. The summed E-state index contributed by atoms with van der Waals surface area (Å²) in [6.45, 7) is 3.22. The van der Waals surface area contributed by atoms with Crippen LogP contribution in [0.3, 0.4) is 0 Å². The van der Waals surface area contributed by atoms with Gasteiger partial charge in [-0.1, -0.05) is 77.8 Å². The fourth-order valence-corrected chi connectivity index (χ4v) is 10.2. The maximum Gasteiger partial charge on any atom is 0.328 e. The topological polar surface area (TPSA) is 173 Å². The summed E-state index contributed by atoms with van der Waals surface area (Å²) in [5, 5.41) is 15.6. The number of amides is 2. The number of sulfonamides is 1. The molecule has 0 bridgehead atoms. The zero-order valence-electron chi connectivity index (χ0n) is 36.5. The van der Waals surface area contributed by atoms with E-state index in [9.17, 15) is 28.1 Å². The maximum absolute atomic E-state index is 14.8. The number of nitriles is 1. The molecule has 8 rings (SSSR count). The molecule has 2 amide bonds. The summed E-state index contributed by atoms with van der Waals surface area (Å²) < 4.78 is 54.5. The third-order valence-corrected chi connectivity index (χ3v) is 14.3. The molecule has 0 fully saturated rings. The Bertz CT molecular complexity index is 3020. The van der Waals surface area contributed by atoms with Crippen LogP contribution in [0.15, 0.2) is 126 Å². The van der Waals surface area contributed by atoms with Gasteiger partial charge in [0.15, 0.2) is 17.6 Å². The highest BCUT2D eigenvalue weighted by Crippen LogP contribution is 2.42. The van der Waals surface area contributed by atoms with Gasteiger partial charge in [-0.2, -0.15) is 9.57 Å². The molecular weight excluding hydrogens is 916 g/mol. The van der Waals surface area contributed by atoms with Crippen molar-refractivity contribution in [3.63, 3.8) is 0 Å². The van der Waals surface area contributed by atoms with Crippen molar-refractivity contribution in [3.05, 3.63) is 170 Å². The number of carbonyl (C=O) groups excluding carboxylic acids is 3. The third kappa shape index (κ3) is 10.6. The van der Waals surface area contributed by atoms with Crippen molar-refractivity contribution in [1.29, 1.82) is 5.26 Å². The van der Waals surface area contributed by atoms with E-state index in [0.29, 0.717) is 60.8 Å². The highest BCUT2D eigenvalue weighted by molar-refractivity contribution is 7.89. The number of anilines is 1. The molecule has 0 aliphatic carbocycles. The zero-order chi connectivity index (χ0) is 47.4. The minimum atomic E-state index is -4.41. The molecule has 13 nitrogen and oxygen atoms in total. The Balaban J connectivity index is 1.04. The molecule has 6 aromatic carbocycles. The number of nitrogens with one attached hydrogen (secondary N) is 2. The number of esters is 1. The van der Waals surface area contributed by atoms with E-state index in [0.717, 1.165) is 26.6 Å². The van der Waals surface area contributed by atoms with Crippen LogP contribution < -0.4 is 24.8 Å². The molecule has 0 saturated heterocycles. The van der Waals surface area contributed by atoms with E-state index in [1.165, 1.54) is 26.2 Å². The second kappa shape index (κ2) is 19.9. The van der Waals surface area contributed by atoms with Crippen molar-refractivity contribution >= 4 is 56.7 Å². The Hall–Kier alpha value is -6.89. The average Bonchev–Trinajstić information content (AvgIpc) is 3.32. The lowest BCUT2D eigenvalue weighted by molar-refractivity contribution is -0.145. The van der Waals surface area contributed by atoms with Gasteiger partial charge in [-0.05, 0) is 125 Å². The van der Waals surface area contributed by atoms with Gasteiger partial charge in [-0.15, -0.1) is 0 Å². The van der Waals surface area contributed by atoms with Gasteiger partial charge in [0.1, 0.15) is 31.0 Å². The molecular formula is C51H44Cl2N4O9S. The second-order valence-corrected chi connectivity index (χ2v) is 18.9. The number of fused-ring (bicyclic) bond motifs is 2. The van der Waals surface area contributed by atoms with E-state index >= 15 is 0 Å². The van der Waals surface area contributed by atoms with Crippen molar-refractivity contribution in [2.45, 2.75) is 62.9 Å². The average molecular weight is 960 g/mol. The summed E-state index contributed by atoms with van der Waals surface area (Å²) in [5.74, 6) is -0.255. The number of methoxy groups -OCH3 is 1. The Labute approximate surface area is 398 Å². The van der Waals surface area contributed by atoms with Crippen molar-refractivity contribution in [2.24, 2.45) is 0 Å². The largest absolute Gasteiger partial charge is 0.489 e. The Kier molecular flexibility index (Phi) is 13.9. The number of carbonyl (C=O) groups is 3. The minimum absolute atomic E-state index is 0.0552. The quantitative estimate of drug-likeness (QED) is 0.107. The number of aryl methyl sites for hydroxylation is 1. The van der Waals surface area contributed by atoms with Gasteiger partial charge in [0.05, 0.1) is 33.7 Å². The number of hydrogen-bond acceptors (Lipinski definition) is 10. The monoisotopic (exact) mass is 958 g/mol. The molecule has 6 aromatic rings. The molecule has 67 heavy (non-hydrogen) atoms. The van der Waals surface area contributed by atoms with Crippen LogP contribution in [0.2, 0.25) is 10.0 Å². The second-order valence-electron chi connectivity index (χ2n) is 16.2. The van der Waals surface area contributed by atoms with E-state index in [-0.39, 0.29) is 43.4 Å². The van der Waals surface area contributed by atoms with Gasteiger partial charge in [0.25, 0.3) is 0 Å². The molecule has 16 heteroatoms. The van der Waals surface area contributed by atoms with Crippen LogP contribution in [0.1, 0.15) is 52.0 Å². The highest BCUT2D eigenvalue weighted by atomic mass is 35.5. The number of nitrogens with zero attached hydrogens (tertiary/aromatic N) is 2. The molecule has 3 atom stereocenters. The number of halogens is 2. The van der Waals surface area contributed by atoms with E-state index in [1.54, 1.807) is 49.4 Å². The van der Waals surface area contributed by atoms with Crippen LogP contribution >= 0.6 is 23.2 Å². The number of hydrogen-bond donors (Lipinski definition) is 2. The predicted molar refractivity (Wildman–Crippen MR) is 252 cm³/mol. The fourth-order valence-electron chi connectivity index (χ4n) is 8.10. The summed E-state index contributed by atoms with van der Waals surface area (Å²) >= 11 is 12.2. The summed E-state index contributed by atoms with van der Waals surface area (Å²) in [4.78, 5) is 39.6. The van der Waals surface area contributed by atoms with E-state index in [4.69, 9.17) is 42.1 Å². The van der Waals surface area contributed by atoms with Crippen molar-refractivity contribution in [3.8, 4) is 34.4 Å². The molecule has 2 aliphatic rings. The van der Waals surface area contributed by atoms with E-state index in [1.807, 2.05) is 66.7 Å². The smallest absolute Gasteiger partial charge is 0.328 e. The number of benzene rings is 6. The first-order valence-electron chi connectivity index (χ1n) is 21.2. The Morgan fingerprint density at radius 2 is 1.54 bits per heavy atom. The lowest BCUT2D eigenvalue weighted by atomic mass is 9.93. The van der Waals surface area contributed by atoms with Crippen molar-refractivity contribution < 1.29 is 41.7 Å². The van der Waals surface area contributed by atoms with Crippen molar-refractivity contribution in [1.82, 2.24) is 9.62 Å². The molecule has 0 aromatic heterocycles. The SMILES string of the molecule is COC(=O)C(Cc1ccc(-c2ccc(C#N)cc2)cc1)NC(=O)C1Cc2cc3c(cc2CN1S(=O)(=O)c1ccc(NC(C)=O)cc1C)OC(c1ccc(OCc2ccc(Cl)c(Cl)c2)cc1)CO3. The first-order valence-corrected chi connectivity index (χ1v) is 23.4. The normalized spacial score (nSPS) is 15.9. The van der Waals surface area contributed by atoms with Crippen LogP contribution in [0, 0.1) is 18.3 Å². The third-order valence-electron chi connectivity index (χ3n) is 11.6. The van der Waals surface area contributed by atoms with Gasteiger partial charge in [-0.25, -0.2) is 13.2 Å². The standard InChI is InChI=1S/C51H44Cl2N4O9S/c1-30-20-40(55-31(2)58)15-19-49(30)67(61,62)57-27-39-25-47-46(65-29-48(66-47)37-13-16-41(17-14-37)64-28-34-8-18-42(52)43(53)21-34)24-38(39)23-45(57)50(59)56-44(51(60)63-3)22-32-4-9-35(10-5-32)36-11-6-33(26-54)7-12-36/h4-21,24-25,44-45,48H,22-23,27-29H2,1-3H3,(H,55,58)(H,56,59). The van der Waals surface area contributed by atoms with Gasteiger partial charge in [0, 0.05) is 25.6 Å². The van der Waals surface area contributed by atoms with Crippen LogP contribution in [-0.4, -0.2) is 56.3 Å². The molecule has 342 valence electrons. The first kappa shape index (κ1) is 46.6. The molecule has 2 aliphatic heterocycles. The van der Waals surface area contributed by atoms with Gasteiger partial charge >= 0.3 is 5.97 Å². The maximum atomic E-state index is 14.8. The van der Waals surface area contributed by atoms with Crippen LogP contribution in [0.4, 0.5) is 5.69 Å². The van der Waals surface area contributed by atoms with Gasteiger partial charge in [-0.3, -0.25) is 9.59 Å². The Morgan fingerprint density at radius 3 is 2.19 bits per heavy atom. The van der Waals surface area contributed by atoms with Crippen LogP contribution in [0.5, 0.6) is 17.2 Å². The summed E-state index contributed by atoms with van der Waals surface area (Å²) in [6.07, 6.45) is -0.496. The predicted octanol–water partition coefficient (Wildman–Crippen LogP) is 8.91. The summed E-state index contributed by atoms with van der Waals surface area (Å²) in [5.41, 5.74) is 6.76. The lowest BCUT2D eigenvalue weighted by Crippen LogP contribution is -2.56. The summed E-state index contributed by atoms with van der Waals surface area (Å²) in [7, 11) is -3.19. The fraction of sp³-hybridized carbons (Fsp3) is 0.216. The van der Waals surface area contributed by atoms with E-state index in [2.05, 4.69) is 16.7 Å². The van der Waals surface area contributed by atoms with Crippen LogP contribution in [0.25, 0.3) is 11.1 Å². The molecule has 3 unspecified atom stereocenters. The van der Waals surface area contributed by atoms with Crippen molar-refractivity contribution in [2.75, 3.05) is 19.0 Å². The molecule has 0 spiro atoms. The number of ether oxygens (including phenoxy) is 4. The van der Waals surface area contributed by atoms with Crippen LogP contribution in [-0.2, 0) is 55.1 Å². The number of rotatable bonds is 13. The Morgan fingerprint density at radius 1 is 0.851 bits per heavy atom. The van der Waals surface area contributed by atoms with E-state index < -0.39 is 40.1 Å². The first-order chi connectivity index (χ1) is 32.2. The molecule has 2 heterocycles. The summed E-state index contributed by atoms with van der Waals surface area (Å²) in [6, 6.07) is 34.9. The molecule has 0 saturated carbocycles. The molecule has 0 radical (unpaired) electrons. The highest BCUT2D eigenvalue weighted by Gasteiger charge is 2.42. The van der Waals surface area contributed by atoms with Gasteiger partial charge < -0.3 is 29.6 Å². The van der Waals surface area contributed by atoms with Gasteiger partial charge in [0.2, 0.25) is 21.8 Å². The molecule has 2 N–H and O–H groups in total.